The molecule has 1 unspecified atom stereocenters. The van der Waals surface area contributed by atoms with Gasteiger partial charge in [0, 0.05) is 17.4 Å². The minimum atomic E-state index is -0.923. The van der Waals surface area contributed by atoms with E-state index >= 15 is 0 Å². The molecule has 0 bridgehead atoms. The molecule has 0 spiro atoms. The van der Waals surface area contributed by atoms with E-state index in [1.807, 2.05) is 17.1 Å². The Bertz CT molecular complexity index is 1150. The number of halogens is 1. The number of nitriles is 1. The predicted octanol–water partition coefficient (Wildman–Crippen LogP) is 4.23. The summed E-state index contributed by atoms with van der Waals surface area (Å²) in [5.41, 5.74) is 4.55. The van der Waals surface area contributed by atoms with Gasteiger partial charge in [-0.1, -0.05) is 17.7 Å². The van der Waals surface area contributed by atoms with E-state index in [0.717, 1.165) is 35.4 Å². The number of nitrogens with zero attached hydrogens (tertiary/aromatic N) is 3. The van der Waals surface area contributed by atoms with Gasteiger partial charge in [0.2, 0.25) is 0 Å². The summed E-state index contributed by atoms with van der Waals surface area (Å²) in [6.45, 7) is 0.593. The van der Waals surface area contributed by atoms with E-state index in [1.165, 1.54) is 0 Å². The second kappa shape index (κ2) is 7.19. The third-order valence-corrected chi connectivity index (χ3v) is 6.41. The molecule has 30 heavy (non-hydrogen) atoms. The Balaban J connectivity index is 1.60. The minimum Gasteiger partial charge on any atom is -0.501 e. The van der Waals surface area contributed by atoms with Gasteiger partial charge in [-0.2, -0.15) is 10.4 Å². The molecular weight excluding hydrogens is 402 g/mol. The number of anilines is 1. The Morgan fingerprint density at radius 2 is 2.17 bits per heavy atom. The molecule has 0 radical (unpaired) electrons. The van der Waals surface area contributed by atoms with Crippen molar-refractivity contribution in [1.29, 1.82) is 5.26 Å². The van der Waals surface area contributed by atoms with Crippen LogP contribution in [0.4, 0.5) is 5.69 Å². The van der Waals surface area contributed by atoms with Crippen LogP contribution in [0.1, 0.15) is 33.5 Å². The van der Waals surface area contributed by atoms with Gasteiger partial charge < -0.3 is 9.84 Å². The van der Waals surface area contributed by atoms with Crippen LogP contribution in [0.2, 0.25) is 5.02 Å². The number of ether oxygens (including phenoxy) is 1. The molecule has 2 heterocycles. The van der Waals surface area contributed by atoms with Crippen LogP contribution in [-0.4, -0.2) is 29.4 Å². The summed E-state index contributed by atoms with van der Waals surface area (Å²) in [6.07, 6.45) is 5.49. The first-order valence-corrected chi connectivity index (χ1v) is 10.2. The normalized spacial score (nSPS) is 23.9. The second-order valence-corrected chi connectivity index (χ2v) is 8.15. The van der Waals surface area contributed by atoms with E-state index in [1.54, 1.807) is 30.5 Å². The van der Waals surface area contributed by atoms with E-state index in [-0.39, 0.29) is 17.9 Å². The number of carboxylic acids is 1. The van der Waals surface area contributed by atoms with Crippen molar-refractivity contribution in [1.82, 2.24) is 0 Å². The molecule has 0 fully saturated rings. The van der Waals surface area contributed by atoms with Crippen molar-refractivity contribution < 1.29 is 14.6 Å². The number of aryl methyl sites for hydroxylation is 1. The molecule has 1 N–H and O–H groups in total. The summed E-state index contributed by atoms with van der Waals surface area (Å²) in [7, 11) is 0. The lowest BCUT2D eigenvalue weighted by molar-refractivity contribution is 0.0696. The van der Waals surface area contributed by atoms with Crippen LogP contribution in [0, 0.1) is 23.2 Å². The van der Waals surface area contributed by atoms with Crippen LogP contribution in [0.25, 0.3) is 0 Å². The van der Waals surface area contributed by atoms with Crippen LogP contribution in [0.3, 0.4) is 0 Å². The highest BCUT2D eigenvalue weighted by Gasteiger charge is 2.45. The molecule has 150 valence electrons. The highest BCUT2D eigenvalue weighted by atomic mass is 35.5. The Morgan fingerprint density at radius 1 is 1.30 bits per heavy atom. The van der Waals surface area contributed by atoms with Crippen LogP contribution in [-0.2, 0) is 11.2 Å². The van der Waals surface area contributed by atoms with Crippen LogP contribution >= 0.6 is 11.6 Å². The van der Waals surface area contributed by atoms with Gasteiger partial charge >= 0.3 is 5.97 Å². The summed E-state index contributed by atoms with van der Waals surface area (Å²) < 4.78 is 5.51. The number of carbonyl (C=O) groups is 1. The summed E-state index contributed by atoms with van der Waals surface area (Å²) in [5.74, 6) is -0.558. The van der Waals surface area contributed by atoms with Crippen molar-refractivity contribution in [2.75, 3.05) is 11.6 Å². The van der Waals surface area contributed by atoms with Gasteiger partial charge in [-0.05, 0) is 54.8 Å². The third kappa shape index (κ3) is 2.94. The fraction of sp³-hybridized carbons (Fsp3) is 0.261. The fourth-order valence-corrected chi connectivity index (χ4v) is 4.90. The fourth-order valence-electron chi connectivity index (χ4n) is 4.68. The third-order valence-electron chi connectivity index (χ3n) is 6.10. The highest BCUT2D eigenvalue weighted by molar-refractivity contribution is 6.32. The number of carboxylic acid groups (broad SMARTS) is 1. The maximum absolute atomic E-state index is 11.4. The van der Waals surface area contributed by atoms with Gasteiger partial charge in [0.25, 0.3) is 0 Å². The van der Waals surface area contributed by atoms with Crippen molar-refractivity contribution in [2.45, 2.75) is 18.9 Å². The first kappa shape index (κ1) is 18.7. The highest BCUT2D eigenvalue weighted by Crippen LogP contribution is 2.42. The summed E-state index contributed by atoms with van der Waals surface area (Å²) in [6, 6.07) is 12.8. The van der Waals surface area contributed by atoms with E-state index < -0.39 is 5.97 Å². The Labute approximate surface area is 178 Å². The van der Waals surface area contributed by atoms with Gasteiger partial charge in [-0.15, -0.1) is 0 Å². The Hall–Kier alpha value is -3.30. The quantitative estimate of drug-likeness (QED) is 0.804. The lowest BCUT2D eigenvalue weighted by atomic mass is 9.75. The van der Waals surface area contributed by atoms with Gasteiger partial charge in [0.05, 0.1) is 46.5 Å². The molecule has 0 saturated carbocycles. The zero-order chi connectivity index (χ0) is 20.8. The van der Waals surface area contributed by atoms with E-state index in [4.69, 9.17) is 21.4 Å². The number of benzene rings is 2. The molecule has 2 aromatic carbocycles. The predicted molar refractivity (Wildman–Crippen MR) is 113 cm³/mol. The number of hydrazone groups is 1. The molecule has 2 aliphatic heterocycles. The average Bonchev–Trinajstić information content (AvgIpc) is 3.40. The monoisotopic (exact) mass is 419 g/mol. The van der Waals surface area contributed by atoms with Crippen molar-refractivity contribution >= 4 is 29.0 Å². The molecule has 7 heteroatoms. The van der Waals surface area contributed by atoms with Crippen LogP contribution in [0.5, 0.6) is 0 Å². The van der Waals surface area contributed by atoms with Gasteiger partial charge in [0.1, 0.15) is 6.07 Å². The van der Waals surface area contributed by atoms with Crippen LogP contribution < -0.4 is 5.01 Å². The zero-order valence-electron chi connectivity index (χ0n) is 16.0. The van der Waals surface area contributed by atoms with Gasteiger partial charge in [0.15, 0.2) is 0 Å². The first-order valence-electron chi connectivity index (χ1n) is 9.79. The average molecular weight is 420 g/mol. The molecule has 3 atom stereocenters. The minimum absolute atomic E-state index is 0.0649. The second-order valence-electron chi connectivity index (χ2n) is 7.74. The van der Waals surface area contributed by atoms with Gasteiger partial charge in [-0.3, -0.25) is 5.01 Å². The molecule has 0 aromatic heterocycles. The molecule has 2 aromatic rings. The maximum atomic E-state index is 11.4. The van der Waals surface area contributed by atoms with E-state index in [0.29, 0.717) is 22.8 Å². The lowest BCUT2D eigenvalue weighted by Crippen LogP contribution is -2.41. The summed E-state index contributed by atoms with van der Waals surface area (Å²) in [4.78, 5) is 11.4. The van der Waals surface area contributed by atoms with E-state index in [2.05, 4.69) is 12.1 Å². The Kier molecular flexibility index (Phi) is 4.48. The standard InChI is InChI=1S/C23H18ClN3O3/c24-20-10-17(4-1-15(20)11-25)27-22(16-7-8-30-12-16)19-6-2-13-9-14(23(28)29)3-5-18(13)21(19)26-27/h1,3-5,7-10,16,19,22H,2,6,12H2,(H,28,29)/t16-,19-,22?/m1/s1. The molecule has 3 aliphatic rings. The number of hydrogen-bond acceptors (Lipinski definition) is 5. The van der Waals surface area contributed by atoms with Crippen molar-refractivity contribution in [3.05, 3.63) is 76.0 Å². The van der Waals surface area contributed by atoms with Crippen molar-refractivity contribution in [3.63, 3.8) is 0 Å². The number of hydrogen-bond donors (Lipinski definition) is 1. The molecule has 5 rings (SSSR count). The lowest BCUT2D eigenvalue weighted by Gasteiger charge is -2.33. The topological polar surface area (TPSA) is 85.9 Å². The van der Waals surface area contributed by atoms with Crippen molar-refractivity contribution in [2.24, 2.45) is 16.9 Å². The summed E-state index contributed by atoms with van der Waals surface area (Å²) >= 11 is 6.30. The SMILES string of the molecule is N#Cc1ccc(N2N=C3c4ccc(C(=O)O)cc4CC[C@H]3C2[C@@H]2C=COC2)cc1Cl. The molecule has 1 aliphatic carbocycles. The molecule has 0 saturated heterocycles. The summed E-state index contributed by atoms with van der Waals surface area (Å²) in [5, 5.41) is 25.9. The maximum Gasteiger partial charge on any atom is 0.335 e. The smallest absolute Gasteiger partial charge is 0.335 e. The zero-order valence-corrected chi connectivity index (χ0v) is 16.7. The number of fused-ring (bicyclic) bond motifs is 3. The molecular formula is C23H18ClN3O3. The largest absolute Gasteiger partial charge is 0.501 e. The Morgan fingerprint density at radius 3 is 2.87 bits per heavy atom. The van der Waals surface area contributed by atoms with E-state index in [9.17, 15) is 15.2 Å². The molecule has 6 nitrogen and oxygen atoms in total. The molecule has 0 amide bonds. The number of aromatic carboxylic acids is 1. The van der Waals surface area contributed by atoms with Crippen molar-refractivity contribution in [3.8, 4) is 6.07 Å². The van der Waals surface area contributed by atoms with Gasteiger partial charge in [-0.25, -0.2) is 4.79 Å². The first-order chi connectivity index (χ1) is 14.6. The number of rotatable bonds is 3. The van der Waals surface area contributed by atoms with Crippen LogP contribution in [0.15, 0.2) is 53.8 Å².